The molecular weight excluding hydrogens is 419 g/mol. The van der Waals surface area contributed by atoms with E-state index in [0.29, 0.717) is 17.9 Å². The van der Waals surface area contributed by atoms with Crippen molar-refractivity contribution in [2.75, 3.05) is 12.3 Å². The van der Waals surface area contributed by atoms with Gasteiger partial charge in [0, 0.05) is 9.26 Å². The van der Waals surface area contributed by atoms with Gasteiger partial charge in [0.05, 0.1) is 24.6 Å². The highest BCUT2D eigenvalue weighted by Gasteiger charge is 2.21. The molecule has 0 bridgehead atoms. The predicted octanol–water partition coefficient (Wildman–Crippen LogP) is 3.30. The molecule has 2 rings (SSSR count). The van der Waals surface area contributed by atoms with Gasteiger partial charge in [-0.3, -0.25) is 9.59 Å². The quantitative estimate of drug-likeness (QED) is 0.412. The van der Waals surface area contributed by atoms with Gasteiger partial charge in [0.1, 0.15) is 0 Å². The van der Waals surface area contributed by atoms with Crippen LogP contribution in [0, 0.1) is 3.57 Å². The topological polar surface area (TPSA) is 81.4 Å². The molecule has 2 aromatic rings. The lowest BCUT2D eigenvalue weighted by Gasteiger charge is -2.19. The maximum absolute atomic E-state index is 12.6. The van der Waals surface area contributed by atoms with Crippen molar-refractivity contribution in [3.8, 4) is 0 Å². The van der Waals surface area contributed by atoms with Crippen molar-refractivity contribution in [2.24, 2.45) is 0 Å². The Hall–Kier alpha value is -2.09. The summed E-state index contributed by atoms with van der Waals surface area (Å²) in [6, 6.07) is 14.1. The number of amides is 1. The summed E-state index contributed by atoms with van der Waals surface area (Å²) < 4.78 is 5.92. The van der Waals surface area contributed by atoms with Crippen LogP contribution in [0.1, 0.15) is 35.3 Å². The van der Waals surface area contributed by atoms with Gasteiger partial charge in [0.15, 0.2) is 0 Å². The molecule has 0 aliphatic carbocycles. The second kappa shape index (κ2) is 8.68. The molecule has 0 saturated carbocycles. The molecule has 0 fully saturated rings. The third kappa shape index (κ3) is 4.95. The molecule has 0 aliphatic heterocycles. The summed E-state index contributed by atoms with van der Waals surface area (Å²) >= 11 is 2.12. The molecule has 0 radical (unpaired) electrons. The van der Waals surface area contributed by atoms with Crippen LogP contribution >= 0.6 is 22.6 Å². The molecule has 6 heteroatoms. The van der Waals surface area contributed by atoms with Gasteiger partial charge in [-0.15, -0.1) is 0 Å². The van der Waals surface area contributed by atoms with Gasteiger partial charge in [-0.05, 0) is 53.3 Å². The van der Waals surface area contributed by atoms with E-state index in [2.05, 4.69) is 27.9 Å². The molecule has 1 atom stereocenters. The molecule has 0 aliphatic rings. The summed E-state index contributed by atoms with van der Waals surface area (Å²) in [5.41, 5.74) is 7.53. The van der Waals surface area contributed by atoms with Crippen LogP contribution in [0.4, 0.5) is 5.69 Å². The summed E-state index contributed by atoms with van der Waals surface area (Å²) in [5.74, 6) is -0.675. The Bertz CT molecular complexity index is 719. The second-order valence-corrected chi connectivity index (χ2v) is 6.42. The first-order valence-corrected chi connectivity index (χ1v) is 8.65. The van der Waals surface area contributed by atoms with Gasteiger partial charge in [-0.25, -0.2) is 0 Å². The van der Waals surface area contributed by atoms with E-state index < -0.39 is 6.04 Å². The zero-order chi connectivity index (χ0) is 17.5. The fourth-order valence-electron chi connectivity index (χ4n) is 2.29. The average molecular weight is 438 g/mol. The van der Waals surface area contributed by atoms with Gasteiger partial charge in [0.2, 0.25) is 0 Å². The zero-order valence-electron chi connectivity index (χ0n) is 13.3. The lowest BCUT2D eigenvalue weighted by atomic mass is 10.0. The number of carbonyl (C=O) groups excluding carboxylic acids is 2. The minimum absolute atomic E-state index is 0.0629. The molecule has 3 N–H and O–H groups in total. The number of hydrogen-bond acceptors (Lipinski definition) is 4. The Labute approximate surface area is 154 Å². The number of ether oxygens (including phenoxy) is 1. The Morgan fingerprint density at radius 1 is 1.21 bits per heavy atom. The molecule has 0 saturated heterocycles. The number of rotatable bonds is 6. The maximum atomic E-state index is 12.6. The van der Waals surface area contributed by atoms with E-state index in [0.717, 1.165) is 9.13 Å². The predicted molar refractivity (Wildman–Crippen MR) is 101 cm³/mol. The van der Waals surface area contributed by atoms with Crippen molar-refractivity contribution >= 4 is 40.2 Å². The third-order valence-electron chi connectivity index (χ3n) is 3.44. The molecule has 5 nitrogen and oxygen atoms in total. The normalized spacial score (nSPS) is 11.6. The van der Waals surface area contributed by atoms with Gasteiger partial charge in [0.25, 0.3) is 5.91 Å². The molecule has 0 heterocycles. The number of nitrogens with two attached hydrogens (primary N) is 1. The third-order valence-corrected chi connectivity index (χ3v) is 4.11. The van der Waals surface area contributed by atoms with Crippen molar-refractivity contribution in [2.45, 2.75) is 19.4 Å². The van der Waals surface area contributed by atoms with Crippen LogP contribution < -0.4 is 11.1 Å². The first-order chi connectivity index (χ1) is 11.5. The number of benzene rings is 2. The van der Waals surface area contributed by atoms with Crippen molar-refractivity contribution < 1.29 is 14.3 Å². The average Bonchev–Trinajstić information content (AvgIpc) is 2.57. The van der Waals surface area contributed by atoms with E-state index in [9.17, 15) is 9.59 Å². The molecule has 0 spiro atoms. The highest BCUT2D eigenvalue weighted by Crippen LogP contribution is 2.21. The molecule has 0 aromatic heterocycles. The number of esters is 1. The minimum Gasteiger partial charge on any atom is -0.466 e. The van der Waals surface area contributed by atoms with Crippen molar-refractivity contribution in [3.63, 3.8) is 0 Å². The molecule has 1 amide bonds. The van der Waals surface area contributed by atoms with Crippen LogP contribution in [0.15, 0.2) is 48.5 Å². The second-order valence-electron chi connectivity index (χ2n) is 5.18. The van der Waals surface area contributed by atoms with Crippen molar-refractivity contribution in [3.05, 3.63) is 63.2 Å². The number of halogens is 1. The van der Waals surface area contributed by atoms with Crippen LogP contribution in [-0.2, 0) is 9.53 Å². The van der Waals surface area contributed by atoms with E-state index in [1.54, 1.807) is 19.1 Å². The molecule has 126 valence electrons. The summed E-state index contributed by atoms with van der Waals surface area (Å²) in [5, 5.41) is 2.88. The van der Waals surface area contributed by atoms with E-state index in [1.165, 1.54) is 0 Å². The maximum Gasteiger partial charge on any atom is 0.308 e. The number of hydrogen-bond donors (Lipinski definition) is 2. The molecule has 24 heavy (non-hydrogen) atoms. The molecule has 2 aromatic carbocycles. The smallest absolute Gasteiger partial charge is 0.308 e. The van der Waals surface area contributed by atoms with Crippen molar-refractivity contribution in [1.82, 2.24) is 5.32 Å². The van der Waals surface area contributed by atoms with Gasteiger partial charge in [-0.2, -0.15) is 0 Å². The van der Waals surface area contributed by atoms with Crippen LogP contribution in [0.25, 0.3) is 0 Å². The van der Waals surface area contributed by atoms with Crippen LogP contribution in [0.2, 0.25) is 0 Å². The Morgan fingerprint density at radius 3 is 2.58 bits per heavy atom. The van der Waals surface area contributed by atoms with Crippen LogP contribution in [0.3, 0.4) is 0 Å². The summed E-state index contributed by atoms with van der Waals surface area (Å²) in [7, 11) is 0. The summed E-state index contributed by atoms with van der Waals surface area (Å²) in [6.45, 7) is 2.05. The number of nitrogens with one attached hydrogen (secondary N) is 1. The zero-order valence-corrected chi connectivity index (χ0v) is 15.4. The number of carbonyl (C=O) groups is 2. The minimum atomic E-state index is -0.477. The SMILES string of the molecule is CCOC(=O)CC(NC(=O)c1cc(I)ccc1N)c1ccccc1. The van der Waals surface area contributed by atoms with Crippen LogP contribution in [0.5, 0.6) is 0 Å². The van der Waals surface area contributed by atoms with E-state index in [-0.39, 0.29) is 18.3 Å². The van der Waals surface area contributed by atoms with E-state index in [1.807, 2.05) is 36.4 Å². The fraction of sp³-hybridized carbons (Fsp3) is 0.222. The number of anilines is 1. The molecule has 1 unspecified atom stereocenters. The Balaban J connectivity index is 2.22. The Kier molecular flexibility index (Phi) is 6.60. The standard InChI is InChI=1S/C18H19IN2O3/c1-2-24-17(22)11-16(12-6-4-3-5-7-12)21-18(23)14-10-13(19)8-9-15(14)20/h3-10,16H,2,11,20H2,1H3,(H,21,23). The summed E-state index contributed by atoms with van der Waals surface area (Å²) in [6.07, 6.45) is 0.0629. The lowest BCUT2D eigenvalue weighted by molar-refractivity contribution is -0.143. The lowest BCUT2D eigenvalue weighted by Crippen LogP contribution is -2.31. The highest BCUT2D eigenvalue weighted by molar-refractivity contribution is 14.1. The van der Waals surface area contributed by atoms with Gasteiger partial charge in [-0.1, -0.05) is 30.3 Å². The first kappa shape index (κ1) is 18.3. The first-order valence-electron chi connectivity index (χ1n) is 7.57. The highest BCUT2D eigenvalue weighted by atomic mass is 127. The van der Waals surface area contributed by atoms with Crippen molar-refractivity contribution in [1.29, 1.82) is 0 Å². The van der Waals surface area contributed by atoms with E-state index in [4.69, 9.17) is 10.5 Å². The molecular formula is C18H19IN2O3. The monoisotopic (exact) mass is 438 g/mol. The number of nitrogen functional groups attached to an aromatic ring is 1. The largest absolute Gasteiger partial charge is 0.466 e. The van der Waals surface area contributed by atoms with Crippen LogP contribution in [-0.4, -0.2) is 18.5 Å². The Morgan fingerprint density at radius 2 is 1.92 bits per heavy atom. The van der Waals surface area contributed by atoms with Gasteiger partial charge < -0.3 is 15.8 Å². The van der Waals surface area contributed by atoms with Gasteiger partial charge >= 0.3 is 5.97 Å². The van der Waals surface area contributed by atoms with E-state index >= 15 is 0 Å². The summed E-state index contributed by atoms with van der Waals surface area (Å²) in [4.78, 5) is 24.5. The fourth-order valence-corrected chi connectivity index (χ4v) is 2.78.